The number of nitrogens with one attached hydrogen (secondary N) is 1. The van der Waals surface area contributed by atoms with Gasteiger partial charge in [-0.25, -0.2) is 4.79 Å². The van der Waals surface area contributed by atoms with Gasteiger partial charge in [-0.2, -0.15) is 0 Å². The fourth-order valence-corrected chi connectivity index (χ4v) is 1.72. The number of H-pyrrole nitrogens is 1. The van der Waals surface area contributed by atoms with Crippen molar-refractivity contribution in [2.24, 2.45) is 5.73 Å². The predicted molar refractivity (Wildman–Crippen MR) is 72.0 cm³/mol. The number of benzene rings is 1. The lowest BCUT2D eigenvalue weighted by Crippen LogP contribution is -2.31. The average molecular weight is 290 g/mol. The molecule has 1 heterocycles. The SMILES string of the molecule is NC(=O)c1ccc(Cn2cc([N+](=O)[O-])c(=O)[nH]c2=O)cc1. The monoisotopic (exact) mass is 290 g/mol. The Morgan fingerprint density at radius 2 is 1.90 bits per heavy atom. The Kier molecular flexibility index (Phi) is 3.65. The number of rotatable bonds is 4. The van der Waals surface area contributed by atoms with Gasteiger partial charge in [0.1, 0.15) is 0 Å². The summed E-state index contributed by atoms with van der Waals surface area (Å²) in [6.45, 7) is 0.00942. The van der Waals surface area contributed by atoms with E-state index in [0.29, 0.717) is 11.1 Å². The zero-order valence-corrected chi connectivity index (χ0v) is 10.6. The topological polar surface area (TPSA) is 141 Å². The number of aromatic amines is 1. The van der Waals surface area contributed by atoms with Crippen molar-refractivity contribution in [3.8, 4) is 0 Å². The van der Waals surface area contributed by atoms with Crippen LogP contribution in [0.2, 0.25) is 0 Å². The molecule has 0 atom stereocenters. The minimum absolute atomic E-state index is 0.00942. The minimum atomic E-state index is -1.05. The van der Waals surface area contributed by atoms with Gasteiger partial charge >= 0.3 is 16.9 Å². The molecule has 0 aliphatic rings. The van der Waals surface area contributed by atoms with Crippen molar-refractivity contribution >= 4 is 11.6 Å². The molecule has 0 bridgehead atoms. The van der Waals surface area contributed by atoms with Crippen molar-refractivity contribution in [2.45, 2.75) is 6.54 Å². The van der Waals surface area contributed by atoms with Gasteiger partial charge in [0.15, 0.2) is 0 Å². The number of carbonyl (C=O) groups excluding carboxylic acids is 1. The van der Waals surface area contributed by atoms with Gasteiger partial charge in [0.25, 0.3) is 0 Å². The van der Waals surface area contributed by atoms with Gasteiger partial charge in [-0.1, -0.05) is 12.1 Å². The molecule has 2 rings (SSSR count). The van der Waals surface area contributed by atoms with E-state index in [1.165, 1.54) is 12.1 Å². The van der Waals surface area contributed by atoms with Gasteiger partial charge < -0.3 is 5.73 Å². The maximum absolute atomic E-state index is 11.6. The van der Waals surface area contributed by atoms with Crippen LogP contribution in [0.15, 0.2) is 40.1 Å². The number of nitrogens with two attached hydrogens (primary N) is 1. The molecule has 1 aromatic heterocycles. The highest BCUT2D eigenvalue weighted by Crippen LogP contribution is 2.06. The van der Waals surface area contributed by atoms with E-state index in [1.807, 2.05) is 4.98 Å². The number of amides is 1. The van der Waals surface area contributed by atoms with Crippen LogP contribution in [0.4, 0.5) is 5.69 Å². The number of nitrogens with zero attached hydrogens (tertiary/aromatic N) is 2. The van der Waals surface area contributed by atoms with E-state index in [9.17, 15) is 24.5 Å². The largest absolute Gasteiger partial charge is 0.366 e. The third kappa shape index (κ3) is 3.03. The molecule has 2 aromatic rings. The van der Waals surface area contributed by atoms with Gasteiger partial charge in [-0.3, -0.25) is 29.3 Å². The molecule has 0 fully saturated rings. The van der Waals surface area contributed by atoms with E-state index in [-0.39, 0.29) is 6.54 Å². The first kappa shape index (κ1) is 14.2. The van der Waals surface area contributed by atoms with Crippen LogP contribution in [-0.4, -0.2) is 20.4 Å². The quantitative estimate of drug-likeness (QED) is 0.581. The Bertz CT molecular complexity index is 819. The fourth-order valence-electron chi connectivity index (χ4n) is 1.72. The van der Waals surface area contributed by atoms with Crippen LogP contribution in [-0.2, 0) is 6.54 Å². The minimum Gasteiger partial charge on any atom is -0.366 e. The standard InChI is InChI=1S/C12H10N4O5/c13-10(17)8-3-1-7(2-4-8)5-15-6-9(16(20)21)11(18)14-12(15)19/h1-4,6H,5H2,(H2,13,17)(H,14,18,19). The molecule has 9 heteroatoms. The second-order valence-electron chi connectivity index (χ2n) is 4.22. The van der Waals surface area contributed by atoms with E-state index >= 15 is 0 Å². The lowest BCUT2D eigenvalue weighted by molar-refractivity contribution is -0.386. The number of aromatic nitrogens is 2. The van der Waals surface area contributed by atoms with Crippen LogP contribution in [0, 0.1) is 10.1 Å². The maximum Gasteiger partial charge on any atom is 0.350 e. The molecule has 0 unspecified atom stereocenters. The summed E-state index contributed by atoms with van der Waals surface area (Å²) < 4.78 is 0.999. The fraction of sp³-hybridized carbons (Fsp3) is 0.0833. The number of nitro groups is 1. The first-order valence-corrected chi connectivity index (χ1v) is 5.75. The smallest absolute Gasteiger partial charge is 0.350 e. The summed E-state index contributed by atoms with van der Waals surface area (Å²) in [5, 5.41) is 10.7. The predicted octanol–water partition coefficient (Wildman–Crippen LogP) is -0.408. The Morgan fingerprint density at radius 3 is 2.43 bits per heavy atom. The van der Waals surface area contributed by atoms with Gasteiger partial charge in [-0.05, 0) is 17.7 Å². The highest BCUT2D eigenvalue weighted by Gasteiger charge is 2.14. The molecule has 0 aliphatic carbocycles. The molecule has 0 saturated heterocycles. The van der Waals surface area contributed by atoms with Crippen molar-refractivity contribution in [1.29, 1.82) is 0 Å². The van der Waals surface area contributed by atoms with Gasteiger partial charge in [0, 0.05) is 5.56 Å². The van der Waals surface area contributed by atoms with Crippen LogP contribution in [0.3, 0.4) is 0 Å². The highest BCUT2D eigenvalue weighted by atomic mass is 16.6. The number of hydrogen-bond donors (Lipinski definition) is 2. The van der Waals surface area contributed by atoms with Gasteiger partial charge in [0.05, 0.1) is 17.7 Å². The Morgan fingerprint density at radius 1 is 1.29 bits per heavy atom. The average Bonchev–Trinajstić information content (AvgIpc) is 2.42. The van der Waals surface area contributed by atoms with Crippen LogP contribution in [0.25, 0.3) is 0 Å². The molecule has 1 aromatic carbocycles. The highest BCUT2D eigenvalue weighted by molar-refractivity contribution is 5.92. The number of primary amides is 1. The molecule has 0 aliphatic heterocycles. The summed E-state index contributed by atoms with van der Waals surface area (Å²) in [5.74, 6) is -0.585. The number of hydrogen-bond acceptors (Lipinski definition) is 5. The molecule has 0 spiro atoms. The molecular weight excluding hydrogens is 280 g/mol. The molecule has 21 heavy (non-hydrogen) atoms. The Hall–Kier alpha value is -3.23. The second kappa shape index (κ2) is 5.41. The second-order valence-corrected chi connectivity index (χ2v) is 4.22. The third-order valence-electron chi connectivity index (χ3n) is 2.78. The third-order valence-corrected chi connectivity index (χ3v) is 2.78. The van der Waals surface area contributed by atoms with E-state index in [0.717, 1.165) is 10.8 Å². The van der Waals surface area contributed by atoms with E-state index in [1.54, 1.807) is 12.1 Å². The molecular formula is C12H10N4O5. The Balaban J connectivity index is 2.37. The van der Waals surface area contributed by atoms with Crippen molar-refractivity contribution in [3.63, 3.8) is 0 Å². The summed E-state index contributed by atoms with van der Waals surface area (Å²) in [5.41, 5.74) is 3.49. The van der Waals surface area contributed by atoms with Crippen molar-refractivity contribution in [1.82, 2.24) is 9.55 Å². The zero-order valence-electron chi connectivity index (χ0n) is 10.6. The molecule has 0 radical (unpaired) electrons. The normalized spacial score (nSPS) is 10.3. The first-order valence-electron chi connectivity index (χ1n) is 5.75. The van der Waals surface area contributed by atoms with Crippen molar-refractivity contribution in [2.75, 3.05) is 0 Å². The van der Waals surface area contributed by atoms with E-state index in [4.69, 9.17) is 5.73 Å². The summed E-state index contributed by atoms with van der Waals surface area (Å²) >= 11 is 0. The first-order chi connectivity index (χ1) is 9.88. The summed E-state index contributed by atoms with van der Waals surface area (Å²) in [4.78, 5) is 45.5. The molecule has 1 amide bonds. The van der Waals surface area contributed by atoms with Gasteiger partial charge in [0.2, 0.25) is 5.91 Å². The van der Waals surface area contributed by atoms with E-state index in [2.05, 4.69) is 0 Å². The summed E-state index contributed by atoms with van der Waals surface area (Å²) in [6.07, 6.45) is 0.878. The summed E-state index contributed by atoms with van der Waals surface area (Å²) in [7, 11) is 0. The maximum atomic E-state index is 11.6. The molecule has 9 nitrogen and oxygen atoms in total. The summed E-state index contributed by atoms with van der Waals surface area (Å²) in [6, 6.07) is 6.07. The molecule has 3 N–H and O–H groups in total. The van der Waals surface area contributed by atoms with Crippen molar-refractivity contribution in [3.05, 3.63) is 72.5 Å². The van der Waals surface area contributed by atoms with Crippen LogP contribution in [0.1, 0.15) is 15.9 Å². The van der Waals surface area contributed by atoms with Crippen LogP contribution in [0.5, 0.6) is 0 Å². The zero-order chi connectivity index (χ0) is 15.6. The molecule has 108 valence electrons. The van der Waals surface area contributed by atoms with Gasteiger partial charge in [-0.15, -0.1) is 0 Å². The van der Waals surface area contributed by atoms with Crippen LogP contribution >= 0.6 is 0 Å². The lowest BCUT2D eigenvalue weighted by Gasteiger charge is -2.05. The number of carbonyl (C=O) groups is 1. The van der Waals surface area contributed by atoms with Crippen molar-refractivity contribution < 1.29 is 9.72 Å². The van der Waals surface area contributed by atoms with Crippen LogP contribution < -0.4 is 17.0 Å². The molecule has 0 saturated carbocycles. The van der Waals surface area contributed by atoms with E-state index < -0.39 is 27.8 Å². The lowest BCUT2D eigenvalue weighted by atomic mass is 10.1. The Labute approximate surface area is 116 Å².